The SMILES string of the molecule is COCCNCC(Cc1ccn(C)n1)c1ccccc1C. The van der Waals surface area contributed by atoms with Crippen LogP contribution in [0.2, 0.25) is 0 Å². The van der Waals surface area contributed by atoms with Gasteiger partial charge in [0.15, 0.2) is 0 Å². The zero-order chi connectivity index (χ0) is 15.1. The van der Waals surface area contributed by atoms with E-state index in [1.807, 2.05) is 17.9 Å². The fraction of sp³-hybridized carbons (Fsp3) is 0.471. The van der Waals surface area contributed by atoms with Gasteiger partial charge in [0.05, 0.1) is 12.3 Å². The fourth-order valence-electron chi connectivity index (χ4n) is 2.61. The van der Waals surface area contributed by atoms with Crippen LogP contribution in [0.4, 0.5) is 0 Å². The molecule has 0 saturated carbocycles. The Balaban J connectivity index is 2.08. The summed E-state index contributed by atoms with van der Waals surface area (Å²) in [7, 11) is 3.69. The van der Waals surface area contributed by atoms with Crippen molar-refractivity contribution in [1.29, 1.82) is 0 Å². The number of rotatable bonds is 8. The predicted molar refractivity (Wildman–Crippen MR) is 85.6 cm³/mol. The van der Waals surface area contributed by atoms with Gasteiger partial charge in [-0.2, -0.15) is 5.10 Å². The van der Waals surface area contributed by atoms with Crippen LogP contribution in [0.3, 0.4) is 0 Å². The van der Waals surface area contributed by atoms with Crippen molar-refractivity contribution in [3.8, 4) is 0 Å². The molecule has 1 heterocycles. The molecule has 0 bridgehead atoms. The second kappa shape index (κ2) is 7.96. The van der Waals surface area contributed by atoms with Gasteiger partial charge in [0.2, 0.25) is 0 Å². The minimum absolute atomic E-state index is 0.429. The number of aryl methyl sites for hydroxylation is 2. The van der Waals surface area contributed by atoms with Crippen molar-refractivity contribution >= 4 is 0 Å². The summed E-state index contributed by atoms with van der Waals surface area (Å²) in [6.45, 7) is 4.73. The van der Waals surface area contributed by atoms with Crippen molar-refractivity contribution in [2.45, 2.75) is 19.3 Å². The van der Waals surface area contributed by atoms with E-state index in [1.54, 1.807) is 7.11 Å². The van der Waals surface area contributed by atoms with Crippen LogP contribution in [-0.2, 0) is 18.2 Å². The van der Waals surface area contributed by atoms with E-state index in [1.165, 1.54) is 11.1 Å². The molecule has 2 aromatic rings. The molecule has 1 aromatic carbocycles. The van der Waals surface area contributed by atoms with Gasteiger partial charge >= 0.3 is 0 Å². The molecule has 0 saturated heterocycles. The third kappa shape index (κ3) is 4.69. The second-order valence-corrected chi connectivity index (χ2v) is 5.44. The number of nitrogens with one attached hydrogen (secondary N) is 1. The molecular weight excluding hydrogens is 262 g/mol. The number of ether oxygens (including phenoxy) is 1. The normalized spacial score (nSPS) is 12.5. The van der Waals surface area contributed by atoms with Gasteiger partial charge in [-0.3, -0.25) is 4.68 Å². The lowest BCUT2D eigenvalue weighted by Gasteiger charge is -2.19. The Kier molecular flexibility index (Phi) is 5.96. The lowest BCUT2D eigenvalue weighted by atomic mass is 9.91. The Morgan fingerprint density at radius 1 is 1.29 bits per heavy atom. The standard InChI is InChI=1S/C17H25N3O/c1-14-6-4-5-7-17(14)15(13-18-9-11-21-3)12-16-8-10-20(2)19-16/h4-8,10,15,18H,9,11-13H2,1-3H3. The number of hydrogen-bond donors (Lipinski definition) is 1. The minimum Gasteiger partial charge on any atom is -0.383 e. The van der Waals surface area contributed by atoms with Crippen molar-refractivity contribution in [3.05, 3.63) is 53.3 Å². The van der Waals surface area contributed by atoms with E-state index >= 15 is 0 Å². The van der Waals surface area contributed by atoms with E-state index in [9.17, 15) is 0 Å². The molecule has 0 radical (unpaired) electrons. The number of methoxy groups -OCH3 is 1. The van der Waals surface area contributed by atoms with Gasteiger partial charge in [-0.05, 0) is 30.5 Å². The summed E-state index contributed by atoms with van der Waals surface area (Å²) < 4.78 is 6.96. The molecule has 0 amide bonds. The largest absolute Gasteiger partial charge is 0.383 e. The zero-order valence-corrected chi connectivity index (χ0v) is 13.2. The monoisotopic (exact) mass is 287 g/mol. The maximum Gasteiger partial charge on any atom is 0.0631 e. The number of aromatic nitrogens is 2. The fourth-order valence-corrected chi connectivity index (χ4v) is 2.61. The number of hydrogen-bond acceptors (Lipinski definition) is 3. The molecule has 1 aromatic heterocycles. The number of nitrogens with zero attached hydrogens (tertiary/aromatic N) is 2. The van der Waals surface area contributed by atoms with Crippen LogP contribution >= 0.6 is 0 Å². The van der Waals surface area contributed by atoms with E-state index < -0.39 is 0 Å². The van der Waals surface area contributed by atoms with Crippen molar-refractivity contribution in [2.24, 2.45) is 7.05 Å². The van der Waals surface area contributed by atoms with Gasteiger partial charge in [0, 0.05) is 39.4 Å². The predicted octanol–water partition coefficient (Wildman–Crippen LogP) is 2.29. The van der Waals surface area contributed by atoms with E-state index in [4.69, 9.17) is 4.74 Å². The molecule has 0 spiro atoms. The molecule has 21 heavy (non-hydrogen) atoms. The first kappa shape index (κ1) is 15.7. The lowest BCUT2D eigenvalue weighted by Crippen LogP contribution is -2.26. The molecule has 2 rings (SSSR count). The summed E-state index contributed by atoms with van der Waals surface area (Å²) in [4.78, 5) is 0. The first-order valence-electron chi connectivity index (χ1n) is 7.44. The second-order valence-electron chi connectivity index (χ2n) is 5.44. The molecule has 0 aliphatic heterocycles. The highest BCUT2D eigenvalue weighted by Crippen LogP contribution is 2.22. The van der Waals surface area contributed by atoms with Crippen molar-refractivity contribution in [1.82, 2.24) is 15.1 Å². The van der Waals surface area contributed by atoms with Gasteiger partial charge in [0.25, 0.3) is 0 Å². The minimum atomic E-state index is 0.429. The highest BCUT2D eigenvalue weighted by atomic mass is 16.5. The summed E-state index contributed by atoms with van der Waals surface area (Å²) >= 11 is 0. The average molecular weight is 287 g/mol. The van der Waals surface area contributed by atoms with Crippen molar-refractivity contribution < 1.29 is 4.74 Å². The van der Waals surface area contributed by atoms with Gasteiger partial charge in [-0.15, -0.1) is 0 Å². The van der Waals surface area contributed by atoms with Crippen LogP contribution < -0.4 is 5.32 Å². The zero-order valence-electron chi connectivity index (χ0n) is 13.2. The molecule has 1 N–H and O–H groups in total. The highest BCUT2D eigenvalue weighted by Gasteiger charge is 2.15. The third-order valence-electron chi connectivity index (χ3n) is 3.73. The topological polar surface area (TPSA) is 39.1 Å². The van der Waals surface area contributed by atoms with Crippen LogP contribution in [0, 0.1) is 6.92 Å². The molecule has 0 fully saturated rings. The molecule has 1 atom stereocenters. The van der Waals surface area contributed by atoms with Crippen LogP contribution in [0.25, 0.3) is 0 Å². The smallest absolute Gasteiger partial charge is 0.0631 e. The van der Waals surface area contributed by atoms with Gasteiger partial charge < -0.3 is 10.1 Å². The molecular formula is C17H25N3O. The highest BCUT2D eigenvalue weighted by molar-refractivity contribution is 5.30. The summed E-state index contributed by atoms with van der Waals surface area (Å²) in [6, 6.07) is 10.7. The summed E-state index contributed by atoms with van der Waals surface area (Å²) in [5.41, 5.74) is 3.87. The Morgan fingerprint density at radius 2 is 2.10 bits per heavy atom. The van der Waals surface area contributed by atoms with Crippen LogP contribution in [0.1, 0.15) is 22.7 Å². The third-order valence-corrected chi connectivity index (χ3v) is 3.73. The Morgan fingerprint density at radius 3 is 2.76 bits per heavy atom. The molecule has 1 unspecified atom stereocenters. The Hall–Kier alpha value is -1.65. The summed E-state index contributed by atoms with van der Waals surface area (Å²) in [5.74, 6) is 0.429. The van der Waals surface area contributed by atoms with Crippen molar-refractivity contribution in [3.63, 3.8) is 0 Å². The first-order chi connectivity index (χ1) is 10.2. The quantitative estimate of drug-likeness (QED) is 0.757. The van der Waals surface area contributed by atoms with E-state index in [-0.39, 0.29) is 0 Å². The average Bonchev–Trinajstić information content (AvgIpc) is 2.88. The Labute approximate surface area is 127 Å². The van der Waals surface area contributed by atoms with Crippen LogP contribution in [-0.4, -0.2) is 36.6 Å². The molecule has 4 heteroatoms. The van der Waals surface area contributed by atoms with E-state index in [0.717, 1.165) is 31.8 Å². The maximum atomic E-state index is 5.10. The summed E-state index contributed by atoms with van der Waals surface area (Å²) in [6.07, 6.45) is 2.95. The van der Waals surface area contributed by atoms with Crippen molar-refractivity contribution in [2.75, 3.05) is 26.8 Å². The van der Waals surface area contributed by atoms with E-state index in [2.05, 4.69) is 47.7 Å². The lowest BCUT2D eigenvalue weighted by molar-refractivity contribution is 0.199. The summed E-state index contributed by atoms with van der Waals surface area (Å²) in [5, 5.41) is 7.99. The van der Waals surface area contributed by atoms with Gasteiger partial charge in [0.1, 0.15) is 0 Å². The molecule has 0 aliphatic carbocycles. The molecule has 0 aliphatic rings. The maximum absolute atomic E-state index is 5.10. The van der Waals surface area contributed by atoms with Crippen LogP contribution in [0.5, 0.6) is 0 Å². The number of benzene rings is 1. The molecule has 4 nitrogen and oxygen atoms in total. The Bertz CT molecular complexity index is 550. The van der Waals surface area contributed by atoms with E-state index in [0.29, 0.717) is 5.92 Å². The van der Waals surface area contributed by atoms with Gasteiger partial charge in [-0.25, -0.2) is 0 Å². The molecule has 114 valence electrons. The van der Waals surface area contributed by atoms with Gasteiger partial charge in [-0.1, -0.05) is 24.3 Å². The first-order valence-corrected chi connectivity index (χ1v) is 7.44. The van der Waals surface area contributed by atoms with Crippen LogP contribution in [0.15, 0.2) is 36.5 Å².